The topological polar surface area (TPSA) is 47.6 Å². The maximum atomic E-state index is 13.2. The monoisotopic (exact) mass is 429 g/mol. The number of nitrogens with one attached hydrogen (secondary N) is 1. The fourth-order valence-electron chi connectivity index (χ4n) is 3.03. The molecule has 0 heterocycles. The van der Waals surface area contributed by atoms with Crippen molar-refractivity contribution in [2.24, 2.45) is 0 Å². The van der Waals surface area contributed by atoms with Crippen molar-refractivity contribution in [2.75, 3.05) is 11.9 Å². The number of carbonyl (C=O) groups excluding carboxylic acids is 1. The first kappa shape index (κ1) is 22.2. The molecule has 0 aliphatic heterocycles. The van der Waals surface area contributed by atoms with Gasteiger partial charge in [-0.2, -0.15) is 13.2 Å². The molecule has 0 saturated carbocycles. The largest absolute Gasteiger partial charge is 0.493 e. The maximum absolute atomic E-state index is 13.2. The van der Waals surface area contributed by atoms with Gasteiger partial charge in [0, 0.05) is 11.1 Å². The fraction of sp³-hybridized carbons (Fsp3) is 0.208. The van der Waals surface area contributed by atoms with Crippen LogP contribution in [0.4, 0.5) is 18.9 Å². The summed E-state index contributed by atoms with van der Waals surface area (Å²) in [6.45, 7) is 4.34. The molecule has 0 saturated heterocycles. The summed E-state index contributed by atoms with van der Waals surface area (Å²) in [5, 5.41) is 2.35. The van der Waals surface area contributed by atoms with Crippen molar-refractivity contribution in [3.05, 3.63) is 89.0 Å². The molecule has 0 aliphatic rings. The van der Waals surface area contributed by atoms with Crippen LogP contribution in [0.3, 0.4) is 0 Å². The Morgan fingerprint density at radius 3 is 2.45 bits per heavy atom. The number of alkyl halides is 3. The Morgan fingerprint density at radius 2 is 1.74 bits per heavy atom. The van der Waals surface area contributed by atoms with Crippen LogP contribution in [0.15, 0.2) is 66.7 Å². The third kappa shape index (κ3) is 5.78. The fourth-order valence-corrected chi connectivity index (χ4v) is 3.03. The van der Waals surface area contributed by atoms with Gasteiger partial charge in [0.05, 0.1) is 17.9 Å². The number of amides is 1. The lowest BCUT2D eigenvalue weighted by Crippen LogP contribution is -2.17. The molecule has 1 amide bonds. The first-order chi connectivity index (χ1) is 14.8. The highest BCUT2D eigenvalue weighted by Crippen LogP contribution is 2.35. The molecule has 0 fully saturated rings. The molecule has 162 valence electrons. The van der Waals surface area contributed by atoms with Crippen molar-refractivity contribution in [2.45, 2.75) is 26.6 Å². The normalized spacial score (nSPS) is 11.1. The zero-order valence-corrected chi connectivity index (χ0v) is 17.1. The third-order valence-corrected chi connectivity index (χ3v) is 4.49. The lowest BCUT2D eigenvalue weighted by atomic mass is 10.1. The summed E-state index contributed by atoms with van der Waals surface area (Å²) in [5.41, 5.74) is 0.645. The van der Waals surface area contributed by atoms with Crippen molar-refractivity contribution in [3.63, 3.8) is 0 Å². The van der Waals surface area contributed by atoms with Crippen molar-refractivity contribution in [3.8, 4) is 11.5 Å². The van der Waals surface area contributed by atoms with Gasteiger partial charge < -0.3 is 14.8 Å². The van der Waals surface area contributed by atoms with E-state index in [1.165, 1.54) is 24.3 Å². The molecule has 0 aromatic heterocycles. The van der Waals surface area contributed by atoms with Crippen molar-refractivity contribution < 1.29 is 27.4 Å². The van der Waals surface area contributed by atoms with E-state index in [0.29, 0.717) is 23.7 Å². The van der Waals surface area contributed by atoms with Gasteiger partial charge in [-0.15, -0.1) is 0 Å². The minimum atomic E-state index is -4.57. The average Bonchev–Trinajstić information content (AvgIpc) is 2.73. The van der Waals surface area contributed by atoms with E-state index in [4.69, 9.17) is 9.47 Å². The second-order valence-electron chi connectivity index (χ2n) is 6.86. The minimum absolute atomic E-state index is 0.138. The summed E-state index contributed by atoms with van der Waals surface area (Å²) in [6.07, 6.45) is -4.57. The number of anilines is 1. The summed E-state index contributed by atoms with van der Waals surface area (Å²) in [4.78, 5) is 12.7. The van der Waals surface area contributed by atoms with Gasteiger partial charge in [0.2, 0.25) is 0 Å². The highest BCUT2D eigenvalue weighted by atomic mass is 19.4. The van der Waals surface area contributed by atoms with Gasteiger partial charge in [0.25, 0.3) is 5.91 Å². The van der Waals surface area contributed by atoms with Crippen LogP contribution in [0, 0.1) is 6.92 Å². The number of benzene rings is 3. The molecule has 1 N–H and O–H groups in total. The smallest absolute Gasteiger partial charge is 0.418 e. The lowest BCUT2D eigenvalue weighted by Gasteiger charge is -2.15. The van der Waals surface area contributed by atoms with Crippen LogP contribution in [0.1, 0.15) is 34.0 Å². The van der Waals surface area contributed by atoms with Gasteiger partial charge >= 0.3 is 6.18 Å². The zero-order valence-electron chi connectivity index (χ0n) is 17.1. The number of carbonyl (C=O) groups is 1. The predicted molar refractivity (Wildman–Crippen MR) is 113 cm³/mol. The summed E-state index contributed by atoms with van der Waals surface area (Å²) in [5.74, 6) is 0.551. The summed E-state index contributed by atoms with van der Waals surface area (Å²) in [7, 11) is 0. The molecule has 3 aromatic rings. The molecule has 0 atom stereocenters. The molecule has 0 bridgehead atoms. The molecule has 4 nitrogen and oxygen atoms in total. The first-order valence-electron chi connectivity index (χ1n) is 9.70. The molecule has 3 aromatic carbocycles. The van der Waals surface area contributed by atoms with E-state index in [1.807, 2.05) is 38.1 Å². The van der Waals surface area contributed by atoms with Crippen LogP contribution < -0.4 is 14.8 Å². The molecule has 0 radical (unpaired) electrons. The zero-order chi connectivity index (χ0) is 22.4. The van der Waals surface area contributed by atoms with Crippen LogP contribution in [0.2, 0.25) is 0 Å². The van der Waals surface area contributed by atoms with Crippen LogP contribution in [0.5, 0.6) is 11.5 Å². The Balaban J connectivity index is 1.83. The number of halogens is 3. The molecule has 0 unspecified atom stereocenters. The molecule has 7 heteroatoms. The molecule has 3 rings (SSSR count). The van der Waals surface area contributed by atoms with Gasteiger partial charge in [0.1, 0.15) is 18.1 Å². The minimum Gasteiger partial charge on any atom is -0.493 e. The Bertz CT molecular complexity index is 1060. The SMILES string of the molecule is CCOc1ccc(C(=O)Nc2ccccc2C(F)(F)F)cc1COc1cccc(C)c1. The molecular formula is C24H22F3NO3. The maximum Gasteiger partial charge on any atom is 0.418 e. The standard InChI is InChI=1S/C24H22F3NO3/c1-3-30-22-12-11-17(14-18(22)15-31-19-8-6-7-16(2)13-19)23(29)28-21-10-5-4-9-20(21)24(25,26)27/h4-14H,3,15H2,1-2H3,(H,28,29). The first-order valence-corrected chi connectivity index (χ1v) is 9.70. The van der Waals surface area contributed by atoms with Crippen LogP contribution >= 0.6 is 0 Å². The van der Waals surface area contributed by atoms with Crippen molar-refractivity contribution in [1.29, 1.82) is 0 Å². The number of aryl methyl sites for hydroxylation is 1. The van der Waals surface area contributed by atoms with Crippen LogP contribution in [-0.4, -0.2) is 12.5 Å². The quantitative estimate of drug-likeness (QED) is 0.483. The summed E-state index contributed by atoms with van der Waals surface area (Å²) in [6, 6.07) is 17.1. The summed E-state index contributed by atoms with van der Waals surface area (Å²) >= 11 is 0. The second-order valence-corrected chi connectivity index (χ2v) is 6.86. The molecule has 0 spiro atoms. The van der Waals surface area contributed by atoms with Crippen LogP contribution in [-0.2, 0) is 12.8 Å². The van der Waals surface area contributed by atoms with E-state index in [2.05, 4.69) is 5.32 Å². The number of ether oxygens (including phenoxy) is 2. The Morgan fingerprint density at radius 1 is 0.968 bits per heavy atom. The van der Waals surface area contributed by atoms with E-state index in [-0.39, 0.29) is 17.9 Å². The second kappa shape index (κ2) is 9.55. The number of para-hydroxylation sites is 1. The highest BCUT2D eigenvalue weighted by molar-refractivity contribution is 6.05. The van der Waals surface area contributed by atoms with Gasteiger partial charge in [-0.3, -0.25) is 4.79 Å². The Hall–Kier alpha value is -3.48. The Labute approximate surface area is 178 Å². The Kier molecular flexibility index (Phi) is 6.84. The third-order valence-electron chi connectivity index (χ3n) is 4.49. The van der Waals surface area contributed by atoms with Gasteiger partial charge in [-0.25, -0.2) is 0 Å². The summed E-state index contributed by atoms with van der Waals surface area (Å²) < 4.78 is 51.0. The van der Waals surface area contributed by atoms with Crippen LogP contribution in [0.25, 0.3) is 0 Å². The van der Waals surface area contributed by atoms with Gasteiger partial charge in [0.15, 0.2) is 0 Å². The highest BCUT2D eigenvalue weighted by Gasteiger charge is 2.33. The van der Waals surface area contributed by atoms with Crippen molar-refractivity contribution >= 4 is 11.6 Å². The number of hydrogen-bond acceptors (Lipinski definition) is 3. The van der Waals surface area contributed by atoms with Crippen molar-refractivity contribution in [1.82, 2.24) is 0 Å². The van der Waals surface area contributed by atoms with E-state index in [1.54, 1.807) is 12.1 Å². The van der Waals surface area contributed by atoms with E-state index in [0.717, 1.165) is 11.6 Å². The van der Waals surface area contributed by atoms with E-state index >= 15 is 0 Å². The number of hydrogen-bond donors (Lipinski definition) is 1. The van der Waals surface area contributed by atoms with E-state index < -0.39 is 17.6 Å². The van der Waals surface area contributed by atoms with Gasteiger partial charge in [-0.1, -0.05) is 24.3 Å². The molecular weight excluding hydrogens is 407 g/mol. The average molecular weight is 429 g/mol. The lowest BCUT2D eigenvalue weighted by molar-refractivity contribution is -0.136. The predicted octanol–water partition coefficient (Wildman–Crippen LogP) is 6.24. The number of rotatable bonds is 7. The van der Waals surface area contributed by atoms with E-state index in [9.17, 15) is 18.0 Å². The molecule has 0 aliphatic carbocycles. The van der Waals surface area contributed by atoms with Gasteiger partial charge in [-0.05, 0) is 61.9 Å². The molecule has 31 heavy (non-hydrogen) atoms.